The minimum Gasteiger partial charge on any atom is -0.412 e. The van der Waals surface area contributed by atoms with Crippen molar-refractivity contribution in [1.29, 1.82) is 0 Å². The molecule has 0 fully saturated rings. The summed E-state index contributed by atoms with van der Waals surface area (Å²) in [6.07, 6.45) is 0. The third kappa shape index (κ3) is 16.5. The second-order valence-corrected chi connectivity index (χ2v) is 1.17. The van der Waals surface area contributed by atoms with Crippen LogP contribution in [0.25, 0.3) is 0 Å². The average molecular weight is 365 g/mol. The van der Waals surface area contributed by atoms with Gasteiger partial charge in [-0.3, -0.25) is 4.84 Å². The molecule has 0 rings (SSSR count). The maximum Gasteiger partial charge on any atom is 0.352 e. The van der Waals surface area contributed by atoms with E-state index in [1.165, 1.54) is 7.05 Å². The molecular weight excluding hydrogens is 351 g/mol. The van der Waals surface area contributed by atoms with Crippen LogP contribution in [0.5, 0.6) is 0 Å². The summed E-state index contributed by atoms with van der Waals surface area (Å²) in [7, 11) is 3.06. The first-order valence-electron chi connectivity index (χ1n) is 2.46. The van der Waals surface area contributed by atoms with Gasteiger partial charge in [0.15, 0.2) is 6.61 Å². The Bertz CT molecular complexity index is 93.5. The van der Waals surface area contributed by atoms with E-state index in [9.17, 15) is 4.79 Å². The Kier molecular flexibility index (Phi) is 32.4. The van der Waals surface area contributed by atoms with Crippen LogP contribution in [0.3, 0.4) is 0 Å². The number of carbonyl (C=O) groups excluding carboxylic acids is 1. The molecule has 8 heteroatoms. The standard InChI is InChI=1S/C4H10N2O3.2H2O.Pt/c1-5-8-3-4(7)9-6-2;;;/h5-6H,3H2,1-2H3;2*1H2;. The van der Waals surface area contributed by atoms with Gasteiger partial charge in [0.05, 0.1) is 0 Å². The van der Waals surface area contributed by atoms with Gasteiger partial charge in [0.1, 0.15) is 0 Å². The van der Waals surface area contributed by atoms with Crippen molar-refractivity contribution in [3.8, 4) is 0 Å². The molecule has 0 unspecified atom stereocenters. The van der Waals surface area contributed by atoms with E-state index in [-0.39, 0.29) is 38.6 Å². The zero-order valence-electron chi connectivity index (χ0n) is 6.75. The van der Waals surface area contributed by atoms with E-state index >= 15 is 0 Å². The van der Waals surface area contributed by atoms with Crippen molar-refractivity contribution in [2.75, 3.05) is 20.7 Å². The molecule has 0 atom stereocenters. The third-order valence-electron chi connectivity index (χ3n) is 0.550. The maximum absolute atomic E-state index is 10.4. The Morgan fingerprint density at radius 1 is 1.25 bits per heavy atom. The van der Waals surface area contributed by atoms with E-state index in [2.05, 4.69) is 20.6 Å². The van der Waals surface area contributed by atoms with Crippen LogP contribution in [0.15, 0.2) is 0 Å². The van der Waals surface area contributed by atoms with Crippen LogP contribution in [-0.4, -0.2) is 37.6 Å². The predicted octanol–water partition coefficient (Wildman–Crippen LogP) is -2.84. The van der Waals surface area contributed by atoms with Crippen molar-refractivity contribution in [2.45, 2.75) is 0 Å². The van der Waals surface area contributed by atoms with Crippen molar-refractivity contribution in [2.24, 2.45) is 0 Å². The summed E-state index contributed by atoms with van der Waals surface area (Å²) in [4.78, 5) is 19.1. The van der Waals surface area contributed by atoms with Crippen LogP contribution in [0.2, 0.25) is 0 Å². The molecule has 0 amide bonds. The fraction of sp³-hybridized carbons (Fsp3) is 0.750. The van der Waals surface area contributed by atoms with Crippen LogP contribution < -0.4 is 11.0 Å². The zero-order valence-corrected chi connectivity index (χ0v) is 9.02. The minimum absolute atomic E-state index is 0. The van der Waals surface area contributed by atoms with Crippen LogP contribution in [0, 0.1) is 0 Å². The van der Waals surface area contributed by atoms with Gasteiger partial charge in [-0.15, -0.1) is 0 Å². The summed E-state index contributed by atoms with van der Waals surface area (Å²) in [6.45, 7) is -0.0999. The molecule has 0 spiro atoms. The van der Waals surface area contributed by atoms with Gasteiger partial charge in [-0.2, -0.15) is 5.48 Å². The van der Waals surface area contributed by atoms with E-state index < -0.39 is 5.97 Å². The maximum atomic E-state index is 10.4. The largest absolute Gasteiger partial charge is 0.412 e. The Morgan fingerprint density at radius 3 is 2.08 bits per heavy atom. The number of rotatable bonds is 4. The first-order chi connectivity index (χ1) is 4.31. The first-order valence-corrected chi connectivity index (χ1v) is 2.46. The molecule has 0 aromatic carbocycles. The summed E-state index contributed by atoms with van der Waals surface area (Å²) < 4.78 is 0. The molecule has 0 aliphatic heterocycles. The molecule has 12 heavy (non-hydrogen) atoms. The van der Waals surface area contributed by atoms with Gasteiger partial charge in [0.25, 0.3) is 0 Å². The predicted molar refractivity (Wildman–Crippen MR) is 37.4 cm³/mol. The number of nitrogens with one attached hydrogen (secondary N) is 2. The van der Waals surface area contributed by atoms with Crippen LogP contribution in [-0.2, 0) is 35.5 Å². The zero-order chi connectivity index (χ0) is 7.11. The summed E-state index contributed by atoms with van der Waals surface area (Å²) in [6, 6.07) is 0. The smallest absolute Gasteiger partial charge is 0.352 e. The fourth-order valence-corrected chi connectivity index (χ4v) is 0.274. The second-order valence-electron chi connectivity index (χ2n) is 1.17. The van der Waals surface area contributed by atoms with E-state index in [0.29, 0.717) is 0 Å². The number of hydrogen-bond donors (Lipinski definition) is 2. The van der Waals surface area contributed by atoms with E-state index in [4.69, 9.17) is 0 Å². The van der Waals surface area contributed by atoms with E-state index in [1.807, 2.05) is 0 Å². The monoisotopic (exact) mass is 365 g/mol. The van der Waals surface area contributed by atoms with Gasteiger partial charge >= 0.3 is 5.97 Å². The average Bonchev–Trinajstić information content (AvgIpc) is 1.85. The first kappa shape index (κ1) is 22.7. The number of carbonyl (C=O) groups is 1. The molecule has 80 valence electrons. The Morgan fingerprint density at radius 2 is 1.75 bits per heavy atom. The van der Waals surface area contributed by atoms with Gasteiger partial charge in [-0.1, -0.05) is 0 Å². The Labute approximate surface area is 84.6 Å². The summed E-state index contributed by atoms with van der Waals surface area (Å²) >= 11 is 0. The molecule has 0 saturated heterocycles. The van der Waals surface area contributed by atoms with Crippen LogP contribution in [0.1, 0.15) is 0 Å². The molecule has 0 aromatic rings. The summed E-state index contributed by atoms with van der Waals surface area (Å²) in [5.41, 5.74) is 4.55. The molecule has 0 aliphatic rings. The van der Waals surface area contributed by atoms with Crippen molar-refractivity contribution < 1.29 is 46.5 Å². The summed E-state index contributed by atoms with van der Waals surface area (Å²) in [5, 5.41) is 0. The van der Waals surface area contributed by atoms with Crippen molar-refractivity contribution in [3.05, 3.63) is 0 Å². The van der Waals surface area contributed by atoms with E-state index in [1.54, 1.807) is 7.05 Å². The van der Waals surface area contributed by atoms with Crippen molar-refractivity contribution in [1.82, 2.24) is 11.0 Å². The summed E-state index contributed by atoms with van der Waals surface area (Å²) in [5.74, 6) is -0.466. The second kappa shape index (κ2) is 17.2. The normalized spacial score (nSPS) is 6.83. The number of hydrogen-bond acceptors (Lipinski definition) is 5. The minimum atomic E-state index is -0.466. The SMILES string of the molecule is CNOCC(=O)ONC.O.O.[Pt]. The molecule has 0 saturated carbocycles. The van der Waals surface area contributed by atoms with Gasteiger partial charge < -0.3 is 15.8 Å². The van der Waals surface area contributed by atoms with Gasteiger partial charge in [-0.05, 0) is 0 Å². The van der Waals surface area contributed by atoms with Gasteiger partial charge in [-0.25, -0.2) is 10.3 Å². The molecule has 0 aliphatic carbocycles. The fourth-order valence-electron chi connectivity index (χ4n) is 0.274. The Hall–Kier alpha value is -0.0417. The van der Waals surface area contributed by atoms with Crippen LogP contribution in [0.4, 0.5) is 0 Å². The Balaban J connectivity index is -0.000000107. The van der Waals surface area contributed by atoms with Crippen molar-refractivity contribution in [3.63, 3.8) is 0 Å². The van der Waals surface area contributed by atoms with Crippen LogP contribution >= 0.6 is 0 Å². The van der Waals surface area contributed by atoms with Crippen molar-refractivity contribution >= 4 is 5.97 Å². The molecule has 6 N–H and O–H groups in total. The molecule has 0 radical (unpaired) electrons. The topological polar surface area (TPSA) is 123 Å². The number of hydroxylamine groups is 2. The molecule has 0 bridgehead atoms. The molecule has 7 nitrogen and oxygen atoms in total. The van der Waals surface area contributed by atoms with Gasteiger partial charge in [0, 0.05) is 35.2 Å². The quantitative estimate of drug-likeness (QED) is 0.520. The van der Waals surface area contributed by atoms with E-state index in [0.717, 1.165) is 0 Å². The van der Waals surface area contributed by atoms with Gasteiger partial charge in [0.2, 0.25) is 0 Å². The third-order valence-corrected chi connectivity index (χ3v) is 0.550. The molecule has 0 heterocycles. The molecular formula is C4H14N2O5Pt. The molecule has 0 aromatic heterocycles.